The number of hydrogen-bond donors (Lipinski definition) is 3. The SMILES string of the molecule is CCN1C(=O)[C@@H]2[C@@H](c3ccc(O)cc3)N[C@@](CO)(C(=O)OC)[C@@H]2C1=O. The Labute approximate surface area is 144 Å². The lowest BCUT2D eigenvalue weighted by Gasteiger charge is -2.30. The van der Waals surface area contributed by atoms with Gasteiger partial charge in [0.05, 0.1) is 25.6 Å². The Balaban J connectivity index is 2.13. The fraction of sp³-hybridized carbons (Fsp3) is 0.471. The first-order chi connectivity index (χ1) is 11.9. The molecule has 134 valence electrons. The van der Waals surface area contributed by atoms with Crippen LogP contribution < -0.4 is 5.32 Å². The summed E-state index contributed by atoms with van der Waals surface area (Å²) < 4.78 is 4.81. The summed E-state index contributed by atoms with van der Waals surface area (Å²) in [4.78, 5) is 39.1. The number of ether oxygens (including phenoxy) is 1. The summed E-state index contributed by atoms with van der Waals surface area (Å²) in [5, 5.41) is 22.4. The van der Waals surface area contributed by atoms with Crippen molar-refractivity contribution in [2.24, 2.45) is 11.8 Å². The molecular formula is C17H20N2O6. The molecule has 3 rings (SSSR count). The zero-order chi connectivity index (χ0) is 18.4. The van der Waals surface area contributed by atoms with Crippen molar-refractivity contribution in [2.75, 3.05) is 20.3 Å². The molecule has 1 aromatic carbocycles. The molecule has 4 atom stereocenters. The van der Waals surface area contributed by atoms with Crippen molar-refractivity contribution in [1.29, 1.82) is 0 Å². The molecule has 25 heavy (non-hydrogen) atoms. The fourth-order valence-corrected chi connectivity index (χ4v) is 3.92. The minimum atomic E-state index is -1.68. The standard InChI is InChI=1S/C17H20N2O6/c1-3-19-14(22)11-12(15(19)23)17(8-20,16(24)25-2)18-13(11)9-4-6-10(21)7-5-9/h4-7,11-13,18,20-21H,3,8H2,1-2H3/t11-,12-,13+,17+/m0/s1. The molecule has 0 spiro atoms. The van der Waals surface area contributed by atoms with Gasteiger partial charge in [0.15, 0.2) is 5.54 Å². The molecule has 3 N–H and O–H groups in total. The van der Waals surface area contributed by atoms with E-state index in [4.69, 9.17) is 4.74 Å². The lowest BCUT2D eigenvalue weighted by molar-refractivity contribution is -0.156. The molecule has 0 bridgehead atoms. The third-order valence-electron chi connectivity index (χ3n) is 5.11. The topological polar surface area (TPSA) is 116 Å². The van der Waals surface area contributed by atoms with Gasteiger partial charge in [0.25, 0.3) is 0 Å². The predicted octanol–water partition coefficient (Wildman–Crippen LogP) is -0.438. The number of hydrogen-bond acceptors (Lipinski definition) is 7. The second-order valence-corrected chi connectivity index (χ2v) is 6.26. The zero-order valence-electron chi connectivity index (χ0n) is 13.9. The van der Waals surface area contributed by atoms with Crippen LogP contribution in [0.3, 0.4) is 0 Å². The molecule has 0 radical (unpaired) electrons. The normalized spacial score (nSPS) is 31.3. The van der Waals surface area contributed by atoms with Crippen molar-refractivity contribution >= 4 is 17.8 Å². The molecule has 2 saturated heterocycles. The summed E-state index contributed by atoms with van der Waals surface area (Å²) in [6, 6.07) is 5.48. The quantitative estimate of drug-likeness (QED) is 0.499. The van der Waals surface area contributed by atoms with Gasteiger partial charge in [-0.05, 0) is 24.6 Å². The molecule has 0 saturated carbocycles. The fourth-order valence-electron chi connectivity index (χ4n) is 3.92. The summed E-state index contributed by atoms with van der Waals surface area (Å²) >= 11 is 0. The van der Waals surface area contributed by atoms with Crippen LogP contribution in [0, 0.1) is 11.8 Å². The highest BCUT2D eigenvalue weighted by Crippen LogP contribution is 2.49. The van der Waals surface area contributed by atoms with Crippen LogP contribution in [-0.2, 0) is 19.1 Å². The van der Waals surface area contributed by atoms with E-state index in [0.29, 0.717) is 5.56 Å². The van der Waals surface area contributed by atoms with Crippen LogP contribution in [0.15, 0.2) is 24.3 Å². The maximum absolute atomic E-state index is 12.8. The molecule has 0 aromatic heterocycles. The Morgan fingerprint density at radius 2 is 1.92 bits per heavy atom. The van der Waals surface area contributed by atoms with Gasteiger partial charge in [-0.1, -0.05) is 12.1 Å². The van der Waals surface area contributed by atoms with Gasteiger partial charge >= 0.3 is 5.97 Å². The third kappa shape index (κ3) is 2.32. The molecule has 2 amide bonds. The van der Waals surface area contributed by atoms with Crippen molar-refractivity contribution < 1.29 is 29.3 Å². The predicted molar refractivity (Wildman–Crippen MR) is 85.2 cm³/mol. The molecule has 0 unspecified atom stereocenters. The largest absolute Gasteiger partial charge is 0.508 e. The lowest BCUT2D eigenvalue weighted by Crippen LogP contribution is -2.58. The number of rotatable bonds is 4. The molecule has 2 heterocycles. The highest BCUT2D eigenvalue weighted by molar-refractivity contribution is 6.09. The number of fused-ring (bicyclic) bond motifs is 1. The van der Waals surface area contributed by atoms with Gasteiger partial charge < -0.3 is 14.9 Å². The van der Waals surface area contributed by atoms with Crippen LogP contribution in [0.5, 0.6) is 5.75 Å². The molecule has 2 aliphatic rings. The number of esters is 1. The van der Waals surface area contributed by atoms with E-state index in [2.05, 4.69) is 5.32 Å². The number of aliphatic hydroxyl groups is 1. The Morgan fingerprint density at radius 3 is 2.44 bits per heavy atom. The van der Waals surface area contributed by atoms with Gasteiger partial charge in [-0.3, -0.25) is 19.8 Å². The Hall–Kier alpha value is -2.45. The van der Waals surface area contributed by atoms with E-state index in [1.165, 1.54) is 19.2 Å². The number of carbonyl (C=O) groups is 3. The number of aromatic hydroxyl groups is 1. The first kappa shape index (κ1) is 17.4. The van der Waals surface area contributed by atoms with Gasteiger partial charge in [0, 0.05) is 12.6 Å². The van der Waals surface area contributed by atoms with Crippen molar-refractivity contribution in [3.05, 3.63) is 29.8 Å². The van der Waals surface area contributed by atoms with E-state index in [0.717, 1.165) is 4.90 Å². The van der Waals surface area contributed by atoms with Crippen molar-refractivity contribution in [1.82, 2.24) is 10.2 Å². The number of carbonyl (C=O) groups excluding carboxylic acids is 3. The maximum atomic E-state index is 12.8. The maximum Gasteiger partial charge on any atom is 0.329 e. The monoisotopic (exact) mass is 348 g/mol. The average molecular weight is 348 g/mol. The molecule has 2 aliphatic heterocycles. The second-order valence-electron chi connectivity index (χ2n) is 6.26. The van der Waals surface area contributed by atoms with Gasteiger partial charge in [-0.2, -0.15) is 0 Å². The average Bonchev–Trinajstić information content (AvgIpc) is 3.10. The van der Waals surface area contributed by atoms with Crippen molar-refractivity contribution in [3.8, 4) is 5.75 Å². The third-order valence-corrected chi connectivity index (χ3v) is 5.11. The van der Waals surface area contributed by atoms with E-state index in [-0.39, 0.29) is 18.2 Å². The number of amides is 2. The minimum absolute atomic E-state index is 0.0590. The van der Waals surface area contributed by atoms with Gasteiger partial charge in [0.1, 0.15) is 5.75 Å². The molecule has 1 aromatic rings. The summed E-state index contributed by atoms with van der Waals surface area (Å²) in [6.07, 6.45) is 0. The van der Waals surface area contributed by atoms with Crippen molar-refractivity contribution in [2.45, 2.75) is 18.5 Å². The molecule has 2 fully saturated rings. The zero-order valence-corrected chi connectivity index (χ0v) is 13.9. The minimum Gasteiger partial charge on any atom is -0.508 e. The number of benzene rings is 1. The molecular weight excluding hydrogens is 328 g/mol. The highest BCUT2D eigenvalue weighted by atomic mass is 16.5. The van der Waals surface area contributed by atoms with Crippen LogP contribution >= 0.6 is 0 Å². The summed E-state index contributed by atoms with van der Waals surface area (Å²) in [7, 11) is 1.17. The van der Waals surface area contributed by atoms with E-state index >= 15 is 0 Å². The number of nitrogens with one attached hydrogen (secondary N) is 1. The molecule has 8 nitrogen and oxygen atoms in total. The molecule has 8 heteroatoms. The van der Waals surface area contributed by atoms with Crippen LogP contribution in [0.25, 0.3) is 0 Å². The van der Waals surface area contributed by atoms with E-state index < -0.39 is 41.9 Å². The van der Waals surface area contributed by atoms with E-state index in [9.17, 15) is 24.6 Å². The number of likely N-dealkylation sites (tertiary alicyclic amines) is 1. The summed E-state index contributed by atoms with van der Waals surface area (Å²) in [5.41, 5.74) is -1.05. The van der Waals surface area contributed by atoms with Crippen LogP contribution in [0.2, 0.25) is 0 Å². The Kier molecular flexibility index (Phi) is 4.26. The van der Waals surface area contributed by atoms with E-state index in [1.54, 1.807) is 19.1 Å². The number of nitrogens with zero attached hydrogens (tertiary/aromatic N) is 1. The van der Waals surface area contributed by atoms with Crippen molar-refractivity contribution in [3.63, 3.8) is 0 Å². The number of imide groups is 1. The number of methoxy groups -OCH3 is 1. The highest BCUT2D eigenvalue weighted by Gasteiger charge is 2.68. The Bertz CT molecular complexity index is 718. The van der Waals surface area contributed by atoms with E-state index in [1.807, 2.05) is 0 Å². The summed E-state index contributed by atoms with van der Waals surface area (Å²) in [5.74, 6) is -3.48. The Morgan fingerprint density at radius 1 is 1.28 bits per heavy atom. The van der Waals surface area contributed by atoms with Crippen LogP contribution in [0.1, 0.15) is 18.5 Å². The number of phenols is 1. The lowest BCUT2D eigenvalue weighted by atomic mass is 9.79. The smallest absolute Gasteiger partial charge is 0.329 e. The van der Waals surface area contributed by atoms with Crippen LogP contribution in [0.4, 0.5) is 0 Å². The van der Waals surface area contributed by atoms with Gasteiger partial charge in [0.2, 0.25) is 11.8 Å². The van der Waals surface area contributed by atoms with Gasteiger partial charge in [-0.25, -0.2) is 4.79 Å². The molecule has 0 aliphatic carbocycles. The van der Waals surface area contributed by atoms with Crippen LogP contribution in [-0.4, -0.2) is 58.7 Å². The van der Waals surface area contributed by atoms with Gasteiger partial charge in [-0.15, -0.1) is 0 Å². The first-order valence-electron chi connectivity index (χ1n) is 8.02. The number of phenolic OH excluding ortho intramolecular Hbond substituents is 1. The summed E-state index contributed by atoms with van der Waals surface area (Å²) in [6.45, 7) is 1.19. The first-order valence-corrected chi connectivity index (χ1v) is 8.02. The second kappa shape index (κ2) is 6.12. The number of aliphatic hydroxyl groups excluding tert-OH is 1.